The van der Waals surface area contributed by atoms with Gasteiger partial charge in [-0.2, -0.15) is 5.10 Å². The standard InChI is InChI=1S/C13H13ClN4/c1-9(12-8-16-10(2)17-12)18(15-3)13-7-5-4-6-11(13)14/h4-8H,1,3H2,2H3,(H,16,17). The topological polar surface area (TPSA) is 44.3 Å². The Balaban J connectivity index is 2.38. The molecule has 0 radical (unpaired) electrons. The minimum absolute atomic E-state index is 0.585. The molecule has 0 fully saturated rings. The summed E-state index contributed by atoms with van der Waals surface area (Å²) in [5.74, 6) is 0.814. The fraction of sp³-hybridized carbons (Fsp3) is 0.0769. The normalized spacial score (nSPS) is 10.1. The molecule has 0 aliphatic carbocycles. The van der Waals surface area contributed by atoms with Crippen molar-refractivity contribution in [3.8, 4) is 0 Å². The van der Waals surface area contributed by atoms with Crippen molar-refractivity contribution in [2.24, 2.45) is 5.10 Å². The molecule has 18 heavy (non-hydrogen) atoms. The summed E-state index contributed by atoms with van der Waals surface area (Å²) in [5, 5.41) is 6.12. The lowest BCUT2D eigenvalue weighted by atomic mass is 10.2. The summed E-state index contributed by atoms with van der Waals surface area (Å²) in [5.41, 5.74) is 2.14. The molecule has 0 atom stereocenters. The number of imidazole rings is 1. The van der Waals surface area contributed by atoms with Crippen molar-refractivity contribution in [3.63, 3.8) is 0 Å². The Morgan fingerprint density at radius 1 is 1.44 bits per heavy atom. The Morgan fingerprint density at radius 2 is 2.17 bits per heavy atom. The molecule has 4 nitrogen and oxygen atoms in total. The molecule has 0 spiro atoms. The van der Waals surface area contributed by atoms with E-state index in [4.69, 9.17) is 11.6 Å². The van der Waals surface area contributed by atoms with Crippen molar-refractivity contribution in [1.82, 2.24) is 9.97 Å². The summed E-state index contributed by atoms with van der Waals surface area (Å²) >= 11 is 6.14. The SMILES string of the molecule is C=NN(C(=C)c1cnc(C)[nH]1)c1ccccc1Cl. The van der Waals surface area contributed by atoms with Gasteiger partial charge in [0.25, 0.3) is 0 Å². The van der Waals surface area contributed by atoms with Gasteiger partial charge in [0.1, 0.15) is 5.82 Å². The van der Waals surface area contributed by atoms with Gasteiger partial charge in [0.05, 0.1) is 28.3 Å². The monoisotopic (exact) mass is 260 g/mol. The van der Waals surface area contributed by atoms with Crippen molar-refractivity contribution in [2.45, 2.75) is 6.92 Å². The van der Waals surface area contributed by atoms with E-state index in [2.05, 4.69) is 28.4 Å². The largest absolute Gasteiger partial charge is 0.341 e. The van der Waals surface area contributed by atoms with Crippen LogP contribution < -0.4 is 5.01 Å². The molecule has 1 heterocycles. The predicted octanol–water partition coefficient (Wildman–Crippen LogP) is 3.46. The van der Waals surface area contributed by atoms with E-state index < -0.39 is 0 Å². The first-order valence-electron chi connectivity index (χ1n) is 5.35. The highest BCUT2D eigenvalue weighted by molar-refractivity contribution is 6.33. The van der Waals surface area contributed by atoms with E-state index in [1.54, 1.807) is 17.3 Å². The number of H-pyrrole nitrogens is 1. The molecule has 0 amide bonds. The number of nitrogens with zero attached hydrogens (tertiary/aromatic N) is 3. The summed E-state index contributed by atoms with van der Waals surface area (Å²) in [6.45, 7) is 9.42. The summed E-state index contributed by atoms with van der Waals surface area (Å²) in [7, 11) is 0. The average molecular weight is 261 g/mol. The lowest BCUT2D eigenvalue weighted by Crippen LogP contribution is -2.13. The minimum atomic E-state index is 0.585. The maximum atomic E-state index is 6.14. The van der Waals surface area contributed by atoms with Gasteiger partial charge in [0.15, 0.2) is 0 Å². The molecule has 0 bridgehead atoms. The molecular formula is C13H13ClN4. The molecule has 1 N–H and O–H groups in total. The third kappa shape index (κ3) is 2.28. The number of rotatable bonds is 4. The number of aromatic amines is 1. The number of aromatic nitrogens is 2. The number of nitrogens with one attached hydrogen (secondary N) is 1. The fourth-order valence-corrected chi connectivity index (χ4v) is 1.83. The highest BCUT2D eigenvalue weighted by atomic mass is 35.5. The third-order valence-corrected chi connectivity index (χ3v) is 2.81. The van der Waals surface area contributed by atoms with Crippen LogP contribution >= 0.6 is 11.6 Å². The molecule has 5 heteroatoms. The first-order chi connectivity index (χ1) is 8.63. The number of hydrogen-bond acceptors (Lipinski definition) is 3. The van der Waals surface area contributed by atoms with Crippen molar-refractivity contribution >= 4 is 29.7 Å². The molecule has 0 aliphatic heterocycles. The molecular weight excluding hydrogens is 248 g/mol. The molecule has 2 rings (SSSR count). The van der Waals surface area contributed by atoms with Crippen molar-refractivity contribution in [1.29, 1.82) is 0 Å². The van der Waals surface area contributed by atoms with Gasteiger partial charge in [-0.25, -0.2) is 9.99 Å². The van der Waals surface area contributed by atoms with Crippen molar-refractivity contribution in [2.75, 3.05) is 5.01 Å². The third-order valence-electron chi connectivity index (χ3n) is 2.49. The summed E-state index contributed by atoms with van der Waals surface area (Å²) in [6.07, 6.45) is 1.70. The first-order valence-corrected chi connectivity index (χ1v) is 5.73. The number of halogens is 1. The van der Waals surface area contributed by atoms with Crippen molar-refractivity contribution in [3.05, 3.63) is 53.6 Å². The van der Waals surface area contributed by atoms with Crippen LogP contribution in [0, 0.1) is 6.92 Å². The van der Waals surface area contributed by atoms with E-state index in [0.29, 0.717) is 10.7 Å². The molecule has 0 unspecified atom stereocenters. The molecule has 92 valence electrons. The van der Waals surface area contributed by atoms with Gasteiger partial charge in [-0.1, -0.05) is 30.3 Å². The van der Waals surface area contributed by atoms with Crippen molar-refractivity contribution < 1.29 is 0 Å². The molecule has 0 aliphatic rings. The molecule has 2 aromatic rings. The van der Waals surface area contributed by atoms with Gasteiger partial charge in [0, 0.05) is 6.72 Å². The molecule has 0 saturated heterocycles. The van der Waals surface area contributed by atoms with E-state index >= 15 is 0 Å². The maximum absolute atomic E-state index is 6.14. The second-order valence-electron chi connectivity index (χ2n) is 3.73. The van der Waals surface area contributed by atoms with Gasteiger partial charge in [-0.15, -0.1) is 0 Å². The Bertz CT molecular complexity index is 588. The van der Waals surface area contributed by atoms with E-state index in [1.807, 2.05) is 25.1 Å². The van der Waals surface area contributed by atoms with E-state index in [0.717, 1.165) is 17.2 Å². The average Bonchev–Trinajstić information content (AvgIpc) is 2.79. The Labute approximate surface area is 111 Å². The first kappa shape index (κ1) is 12.4. The van der Waals surface area contributed by atoms with Crippen LogP contribution in [0.4, 0.5) is 5.69 Å². The summed E-state index contributed by atoms with van der Waals surface area (Å²) < 4.78 is 0. The lowest BCUT2D eigenvalue weighted by molar-refractivity contribution is 1.09. The Hall–Kier alpha value is -2.07. The highest BCUT2D eigenvalue weighted by Gasteiger charge is 2.14. The van der Waals surface area contributed by atoms with Crippen LogP contribution in [-0.2, 0) is 0 Å². The smallest absolute Gasteiger partial charge is 0.103 e. The van der Waals surface area contributed by atoms with Crippen LogP contribution in [0.3, 0.4) is 0 Å². The second-order valence-corrected chi connectivity index (χ2v) is 4.14. The van der Waals surface area contributed by atoms with Crippen LogP contribution in [0.2, 0.25) is 5.02 Å². The van der Waals surface area contributed by atoms with E-state index in [9.17, 15) is 0 Å². The Morgan fingerprint density at radius 3 is 2.72 bits per heavy atom. The zero-order valence-corrected chi connectivity index (χ0v) is 10.8. The zero-order valence-electron chi connectivity index (χ0n) is 10.0. The number of para-hydroxylation sites is 1. The summed E-state index contributed by atoms with van der Waals surface area (Å²) in [6, 6.07) is 7.38. The number of aryl methyl sites for hydroxylation is 1. The second kappa shape index (κ2) is 5.06. The van der Waals surface area contributed by atoms with Crippen LogP contribution in [-0.4, -0.2) is 16.7 Å². The quantitative estimate of drug-likeness (QED) is 0.676. The number of anilines is 1. The predicted molar refractivity (Wildman–Crippen MR) is 75.8 cm³/mol. The van der Waals surface area contributed by atoms with Gasteiger partial charge in [-0.3, -0.25) is 0 Å². The zero-order chi connectivity index (χ0) is 13.1. The van der Waals surface area contributed by atoms with Gasteiger partial charge in [-0.05, 0) is 19.1 Å². The van der Waals surface area contributed by atoms with Crippen LogP contribution in [0.1, 0.15) is 11.5 Å². The number of benzene rings is 1. The summed E-state index contributed by atoms with van der Waals surface area (Å²) in [4.78, 5) is 7.23. The molecule has 1 aromatic heterocycles. The van der Waals surface area contributed by atoms with Crippen LogP contribution in [0.5, 0.6) is 0 Å². The van der Waals surface area contributed by atoms with E-state index in [-0.39, 0.29) is 0 Å². The molecule has 0 saturated carbocycles. The number of hydrogen-bond donors (Lipinski definition) is 1. The van der Waals surface area contributed by atoms with Gasteiger partial charge in [0.2, 0.25) is 0 Å². The molecule has 1 aromatic carbocycles. The van der Waals surface area contributed by atoms with Gasteiger partial charge >= 0.3 is 0 Å². The maximum Gasteiger partial charge on any atom is 0.103 e. The van der Waals surface area contributed by atoms with Gasteiger partial charge < -0.3 is 4.98 Å². The minimum Gasteiger partial charge on any atom is -0.341 e. The fourth-order valence-electron chi connectivity index (χ4n) is 1.61. The van der Waals surface area contributed by atoms with Crippen LogP contribution in [0.25, 0.3) is 5.70 Å². The highest BCUT2D eigenvalue weighted by Crippen LogP contribution is 2.30. The lowest BCUT2D eigenvalue weighted by Gasteiger charge is -2.20. The Kier molecular flexibility index (Phi) is 3.48. The van der Waals surface area contributed by atoms with E-state index in [1.165, 1.54) is 0 Å². The number of hydrazone groups is 1. The van der Waals surface area contributed by atoms with Crippen LogP contribution in [0.15, 0.2) is 42.1 Å².